The van der Waals surface area contributed by atoms with Gasteiger partial charge in [-0.2, -0.15) is 0 Å². The predicted molar refractivity (Wildman–Crippen MR) is 225 cm³/mol. The number of amides is 3. The molecule has 324 valence electrons. The lowest BCUT2D eigenvalue weighted by molar-refractivity contribution is -0.156. The monoisotopic (exact) mass is 818 g/mol. The van der Waals surface area contributed by atoms with Gasteiger partial charge in [-0.05, 0) is 93.6 Å². The number of carbonyl (C=O) groups excluding carboxylic acids is 5. The summed E-state index contributed by atoms with van der Waals surface area (Å²) < 4.78 is 6.10. The number of aromatic hydroxyl groups is 1. The Morgan fingerprint density at radius 2 is 1.76 bits per heavy atom. The first-order valence-electron chi connectivity index (χ1n) is 21.0. The second-order valence-electron chi connectivity index (χ2n) is 18.0. The number of aliphatic hydroxyl groups is 2. The Morgan fingerprint density at radius 3 is 2.41 bits per heavy atom. The highest BCUT2D eigenvalue weighted by Crippen LogP contribution is 2.53. The molecule has 4 rings (SSSR count). The number of carbonyl (C=O) groups is 5. The Bertz CT molecular complexity index is 1790. The van der Waals surface area contributed by atoms with E-state index in [0.717, 1.165) is 0 Å². The van der Waals surface area contributed by atoms with Crippen molar-refractivity contribution in [1.82, 2.24) is 21.1 Å². The van der Waals surface area contributed by atoms with Gasteiger partial charge in [-0.25, -0.2) is 5.43 Å². The van der Waals surface area contributed by atoms with Crippen LogP contribution in [0.25, 0.3) is 0 Å². The van der Waals surface area contributed by atoms with Gasteiger partial charge >= 0.3 is 5.97 Å². The van der Waals surface area contributed by atoms with Gasteiger partial charge < -0.3 is 30.7 Å². The van der Waals surface area contributed by atoms with E-state index in [4.69, 9.17) is 4.74 Å². The molecule has 1 saturated carbocycles. The number of phenols is 1. The first-order valence-corrected chi connectivity index (χ1v) is 21.0. The number of phenolic OH excluding ortho intramolecular Hbond substituents is 1. The van der Waals surface area contributed by atoms with E-state index in [1.165, 1.54) is 17.2 Å². The highest BCUT2D eigenvalue weighted by molar-refractivity contribution is 5.98. The quantitative estimate of drug-likeness (QED) is 0.117. The van der Waals surface area contributed by atoms with Crippen LogP contribution in [0.15, 0.2) is 72.4 Å². The molecule has 3 unspecified atom stereocenters. The molecule has 9 atom stereocenters. The van der Waals surface area contributed by atoms with Gasteiger partial charge in [-0.15, -0.1) is 0 Å². The van der Waals surface area contributed by atoms with Crippen LogP contribution < -0.4 is 16.1 Å². The van der Waals surface area contributed by atoms with Crippen molar-refractivity contribution in [3.05, 3.63) is 77.9 Å². The average Bonchev–Trinajstić information content (AvgIpc) is 3.90. The third-order valence-electron chi connectivity index (χ3n) is 11.5. The van der Waals surface area contributed by atoms with Crippen molar-refractivity contribution < 1.29 is 44.0 Å². The van der Waals surface area contributed by atoms with Crippen LogP contribution >= 0.6 is 0 Å². The van der Waals surface area contributed by atoms with E-state index in [-0.39, 0.29) is 43.3 Å². The summed E-state index contributed by atoms with van der Waals surface area (Å²) in [4.78, 5) is 69.4. The lowest BCUT2D eigenvalue weighted by atomic mass is 9.85. The fraction of sp³-hybridized carbons (Fsp3) is 0.587. The summed E-state index contributed by atoms with van der Waals surface area (Å²) in [5.74, 6) is -4.43. The van der Waals surface area contributed by atoms with Gasteiger partial charge in [0.1, 0.15) is 29.5 Å². The molecular formula is C46H66N4O9. The minimum absolute atomic E-state index is 0.00418. The average molecular weight is 819 g/mol. The molecule has 2 fully saturated rings. The Hall–Kier alpha value is -4.59. The lowest BCUT2D eigenvalue weighted by Crippen LogP contribution is -2.63. The molecule has 1 aromatic rings. The molecule has 1 aliphatic carbocycles. The number of esters is 1. The Balaban J connectivity index is 1.73. The molecule has 3 aliphatic rings. The van der Waals surface area contributed by atoms with Gasteiger partial charge in [-0.1, -0.05) is 90.1 Å². The van der Waals surface area contributed by atoms with E-state index in [9.17, 15) is 39.3 Å². The van der Waals surface area contributed by atoms with Crippen molar-refractivity contribution in [2.24, 2.45) is 23.2 Å². The summed E-state index contributed by atoms with van der Waals surface area (Å²) in [5.41, 5.74) is 2.41. The number of ketones is 1. The van der Waals surface area contributed by atoms with E-state index in [1.807, 2.05) is 58.9 Å². The molecular weight excluding hydrogens is 753 g/mol. The van der Waals surface area contributed by atoms with Crippen molar-refractivity contribution in [2.75, 3.05) is 6.54 Å². The van der Waals surface area contributed by atoms with Gasteiger partial charge in [0.15, 0.2) is 5.78 Å². The maximum absolute atomic E-state index is 14.7. The van der Waals surface area contributed by atoms with Crippen LogP contribution in [0.3, 0.4) is 0 Å². The van der Waals surface area contributed by atoms with E-state index in [1.54, 1.807) is 51.1 Å². The van der Waals surface area contributed by atoms with Crippen molar-refractivity contribution >= 4 is 29.5 Å². The number of nitrogens with one attached hydrogen (secondary N) is 3. The van der Waals surface area contributed by atoms with Crippen LogP contribution in [0.5, 0.6) is 5.75 Å². The van der Waals surface area contributed by atoms with Gasteiger partial charge in [0.2, 0.25) is 11.8 Å². The van der Waals surface area contributed by atoms with Crippen molar-refractivity contribution in [1.29, 1.82) is 0 Å². The van der Waals surface area contributed by atoms with Crippen LogP contribution in [-0.4, -0.2) is 92.3 Å². The number of hydrogen-bond acceptors (Lipinski definition) is 10. The molecule has 13 nitrogen and oxygen atoms in total. The van der Waals surface area contributed by atoms with Crippen LogP contribution in [0.1, 0.15) is 112 Å². The number of ether oxygens (including phenoxy) is 1. The first kappa shape index (κ1) is 47.1. The van der Waals surface area contributed by atoms with Gasteiger partial charge in [0.25, 0.3) is 5.91 Å². The third kappa shape index (κ3) is 12.7. The molecule has 0 radical (unpaired) electrons. The minimum Gasteiger partial charge on any atom is -0.508 e. The fourth-order valence-electron chi connectivity index (χ4n) is 7.53. The number of hydrogen-bond donors (Lipinski definition) is 6. The van der Waals surface area contributed by atoms with E-state index >= 15 is 0 Å². The molecule has 1 spiro atoms. The molecule has 2 heterocycles. The number of nitrogens with zero attached hydrogens (tertiary/aromatic N) is 1. The number of aliphatic hydroxyl groups excluding tert-OH is 2. The molecule has 13 heteroatoms. The Labute approximate surface area is 349 Å². The number of rotatable bonds is 8. The van der Waals surface area contributed by atoms with E-state index in [0.29, 0.717) is 36.8 Å². The highest BCUT2D eigenvalue weighted by atomic mass is 16.5. The van der Waals surface area contributed by atoms with E-state index in [2.05, 4.69) is 16.1 Å². The third-order valence-corrected chi connectivity index (χ3v) is 11.5. The number of benzene rings is 1. The Kier molecular flexibility index (Phi) is 16.4. The molecule has 0 aromatic heterocycles. The molecule has 1 aromatic carbocycles. The summed E-state index contributed by atoms with van der Waals surface area (Å²) in [5, 5.41) is 39.2. The summed E-state index contributed by atoms with van der Waals surface area (Å²) >= 11 is 0. The molecule has 59 heavy (non-hydrogen) atoms. The SMILES string of the molecule is C/C(=C\C=C\C(=O)C(C)(C)C)[C@@H]1C/C=C/C=C/C[C@H](C)[C@@H](O)[C@@H](CCC(C)O)C(=O)N[C@@H](C(C)C)C(=O)NC2(C[C@H]2c2cccc(O)c2)C(=O)N2CCCC(N2)C(=O)O1. The van der Waals surface area contributed by atoms with Crippen molar-refractivity contribution in [3.8, 4) is 5.75 Å². The highest BCUT2D eigenvalue weighted by Gasteiger charge is 2.64. The largest absolute Gasteiger partial charge is 0.508 e. The van der Waals surface area contributed by atoms with Gasteiger partial charge in [0.05, 0.1) is 18.1 Å². The van der Waals surface area contributed by atoms with Crippen molar-refractivity contribution in [2.45, 2.75) is 142 Å². The topological polar surface area (TPSA) is 195 Å². The molecule has 2 bridgehead atoms. The molecule has 1 saturated heterocycles. The summed E-state index contributed by atoms with van der Waals surface area (Å²) in [6, 6.07) is 4.55. The zero-order valence-corrected chi connectivity index (χ0v) is 35.9. The predicted octanol–water partition coefficient (Wildman–Crippen LogP) is 5.08. The lowest BCUT2D eigenvalue weighted by Gasteiger charge is -2.36. The zero-order valence-electron chi connectivity index (χ0n) is 35.9. The normalized spacial score (nSPS) is 31.1. The van der Waals surface area contributed by atoms with Crippen LogP contribution in [0.4, 0.5) is 0 Å². The first-order chi connectivity index (χ1) is 27.7. The summed E-state index contributed by atoms with van der Waals surface area (Å²) in [6.07, 6.45) is 12.0. The zero-order chi connectivity index (χ0) is 43.7. The number of hydrazine groups is 1. The number of fused-ring (bicyclic) bond motifs is 2. The van der Waals surface area contributed by atoms with Crippen molar-refractivity contribution in [3.63, 3.8) is 0 Å². The summed E-state index contributed by atoms with van der Waals surface area (Å²) in [7, 11) is 0. The van der Waals surface area contributed by atoms with Crippen LogP contribution in [0.2, 0.25) is 0 Å². The number of cyclic esters (lactones) is 1. The van der Waals surface area contributed by atoms with Crippen LogP contribution in [-0.2, 0) is 28.7 Å². The standard InChI is InChI=1S/C46H66N4O9/c1-28(2)39-42(56)48-46(27-35(46)32-18-14-19-33(52)26-32)44(58)50-25-15-20-36(49-50)43(57)59-37(29(3)17-13-22-38(53)45(6,7)8)21-12-10-9-11-16-30(4)40(54)34(41(55)47-39)24-23-31(5)51/h9-14,17-19,22,26,28,30-31,34-37,39-40,49,51-52,54H,15-16,20-21,23-25,27H2,1-8H3,(H,47,55)(H,48,56)/b11-9+,12-10+,22-13+,29-17+/t30-,31?,34+,35-,36?,37-,39-,40+,46?/m0/s1. The fourth-order valence-corrected chi connectivity index (χ4v) is 7.53. The second-order valence-corrected chi connectivity index (χ2v) is 18.0. The molecule has 2 aliphatic heterocycles. The van der Waals surface area contributed by atoms with E-state index < -0.39 is 82.8 Å². The van der Waals surface area contributed by atoms with Gasteiger partial charge in [-0.3, -0.25) is 29.0 Å². The molecule has 3 amide bonds. The smallest absolute Gasteiger partial charge is 0.325 e. The number of allylic oxidation sites excluding steroid dienone is 6. The Morgan fingerprint density at radius 1 is 1.07 bits per heavy atom. The van der Waals surface area contributed by atoms with Crippen LogP contribution in [0, 0.1) is 23.2 Å². The van der Waals surface area contributed by atoms with Gasteiger partial charge in [0, 0.05) is 24.3 Å². The summed E-state index contributed by atoms with van der Waals surface area (Å²) in [6.45, 7) is 14.6. The maximum atomic E-state index is 14.7. The minimum atomic E-state index is -1.46. The molecule has 6 N–H and O–H groups in total. The second kappa shape index (κ2) is 20.6. The maximum Gasteiger partial charge on any atom is 0.325 e.